The highest BCUT2D eigenvalue weighted by molar-refractivity contribution is 7.92. The minimum absolute atomic E-state index is 0.287. The molecule has 6 nitrogen and oxygen atoms in total. The fourth-order valence-electron chi connectivity index (χ4n) is 1.58. The fourth-order valence-corrected chi connectivity index (χ4v) is 3.31. The van der Waals surface area contributed by atoms with Gasteiger partial charge in [-0.1, -0.05) is 0 Å². The average Bonchev–Trinajstić information content (AvgIpc) is 2.52. The number of sulfone groups is 1. The second-order valence-corrected chi connectivity index (χ2v) is 5.90. The highest BCUT2D eigenvalue weighted by atomic mass is 32.2. The summed E-state index contributed by atoms with van der Waals surface area (Å²) in [5.41, 5.74) is 2.40. The molecule has 0 aromatic rings. The van der Waals surface area contributed by atoms with Gasteiger partial charge in [-0.3, -0.25) is 10.4 Å². The summed E-state index contributed by atoms with van der Waals surface area (Å²) < 4.78 is 23.0. The quantitative estimate of drug-likeness (QED) is 0.252. The number of hydrogen-bond acceptors (Lipinski definition) is 4. The van der Waals surface area contributed by atoms with Gasteiger partial charge >= 0.3 is 0 Å². The molecule has 1 fully saturated rings. The van der Waals surface area contributed by atoms with Crippen LogP contribution < -0.4 is 16.6 Å². The lowest BCUT2D eigenvalue weighted by molar-refractivity contribution is 0.589. The molecule has 0 spiro atoms. The maximum absolute atomic E-state index is 11.5. The molecule has 0 aromatic heterocycles. The van der Waals surface area contributed by atoms with Gasteiger partial charge in [0.25, 0.3) is 0 Å². The SMILES string of the molecule is CCNC(=NCC1CCCS1(=O)=O)NN. The van der Waals surface area contributed by atoms with Crippen LogP contribution in [0.5, 0.6) is 0 Å². The van der Waals surface area contributed by atoms with Crippen molar-refractivity contribution in [3.05, 3.63) is 0 Å². The number of aliphatic imine (C=N–C) groups is 1. The van der Waals surface area contributed by atoms with E-state index in [-0.39, 0.29) is 11.8 Å². The molecule has 7 heteroatoms. The minimum Gasteiger partial charge on any atom is -0.356 e. The zero-order valence-electron chi connectivity index (χ0n) is 8.86. The number of nitrogens with zero attached hydrogens (tertiary/aromatic N) is 1. The largest absolute Gasteiger partial charge is 0.356 e. The molecule has 1 aliphatic heterocycles. The second-order valence-electron chi connectivity index (χ2n) is 3.50. The lowest BCUT2D eigenvalue weighted by Crippen LogP contribution is -2.42. The smallest absolute Gasteiger partial charge is 0.205 e. The van der Waals surface area contributed by atoms with E-state index in [4.69, 9.17) is 5.84 Å². The van der Waals surface area contributed by atoms with E-state index < -0.39 is 9.84 Å². The molecule has 1 atom stereocenters. The summed E-state index contributed by atoms with van der Waals surface area (Å²) >= 11 is 0. The number of nitrogens with two attached hydrogens (primary N) is 1. The van der Waals surface area contributed by atoms with Crippen LogP contribution in [-0.2, 0) is 9.84 Å². The number of hydrogen-bond donors (Lipinski definition) is 3. The van der Waals surface area contributed by atoms with Crippen molar-refractivity contribution < 1.29 is 8.42 Å². The predicted octanol–water partition coefficient (Wildman–Crippen LogP) is -1.01. The topological polar surface area (TPSA) is 96.6 Å². The van der Waals surface area contributed by atoms with E-state index in [0.29, 0.717) is 24.7 Å². The molecule has 0 radical (unpaired) electrons. The van der Waals surface area contributed by atoms with E-state index in [0.717, 1.165) is 6.42 Å². The molecule has 0 aliphatic carbocycles. The summed E-state index contributed by atoms with van der Waals surface area (Å²) in [6.45, 7) is 2.90. The summed E-state index contributed by atoms with van der Waals surface area (Å²) in [6.07, 6.45) is 1.45. The Hall–Kier alpha value is -0.820. The van der Waals surface area contributed by atoms with Gasteiger partial charge in [-0.15, -0.1) is 0 Å². The Morgan fingerprint density at radius 3 is 2.80 bits per heavy atom. The monoisotopic (exact) mass is 234 g/mol. The Labute approximate surface area is 90.2 Å². The van der Waals surface area contributed by atoms with Gasteiger partial charge in [0.05, 0.1) is 17.5 Å². The molecule has 1 rings (SSSR count). The minimum atomic E-state index is -2.91. The standard InChI is InChI=1S/C8H18N4O2S/c1-2-10-8(12-9)11-6-7-4-3-5-15(7,13)14/h7H,2-6,9H2,1H3,(H2,10,11,12). The van der Waals surface area contributed by atoms with Crippen molar-refractivity contribution in [2.45, 2.75) is 25.0 Å². The van der Waals surface area contributed by atoms with E-state index in [1.807, 2.05) is 6.92 Å². The van der Waals surface area contributed by atoms with Crippen molar-refractivity contribution >= 4 is 15.8 Å². The van der Waals surface area contributed by atoms with Crippen LogP contribution in [0.25, 0.3) is 0 Å². The van der Waals surface area contributed by atoms with Gasteiger partial charge in [-0.2, -0.15) is 0 Å². The van der Waals surface area contributed by atoms with Crippen molar-refractivity contribution in [2.24, 2.45) is 10.8 Å². The normalized spacial score (nSPS) is 25.2. The van der Waals surface area contributed by atoms with Crippen molar-refractivity contribution in [3.8, 4) is 0 Å². The van der Waals surface area contributed by atoms with Crippen molar-refractivity contribution in [1.82, 2.24) is 10.7 Å². The van der Waals surface area contributed by atoms with E-state index in [1.54, 1.807) is 0 Å². The van der Waals surface area contributed by atoms with Crippen LogP contribution in [0.15, 0.2) is 4.99 Å². The molecular formula is C8H18N4O2S. The van der Waals surface area contributed by atoms with Crippen LogP contribution in [0.3, 0.4) is 0 Å². The van der Waals surface area contributed by atoms with Crippen LogP contribution in [0.1, 0.15) is 19.8 Å². The third-order valence-electron chi connectivity index (χ3n) is 2.40. The van der Waals surface area contributed by atoms with Crippen LogP contribution in [0.2, 0.25) is 0 Å². The van der Waals surface area contributed by atoms with Crippen LogP contribution in [-0.4, -0.2) is 38.5 Å². The fraction of sp³-hybridized carbons (Fsp3) is 0.875. The van der Waals surface area contributed by atoms with Crippen molar-refractivity contribution in [2.75, 3.05) is 18.8 Å². The maximum atomic E-state index is 11.5. The average molecular weight is 234 g/mol. The van der Waals surface area contributed by atoms with E-state index in [2.05, 4.69) is 15.7 Å². The number of rotatable bonds is 3. The first kappa shape index (κ1) is 12.3. The van der Waals surface area contributed by atoms with Gasteiger partial charge in [0.2, 0.25) is 5.96 Å². The Balaban J connectivity index is 2.54. The molecule has 0 aromatic carbocycles. The number of hydrazine groups is 1. The molecule has 0 bridgehead atoms. The van der Waals surface area contributed by atoms with Crippen LogP contribution in [0.4, 0.5) is 0 Å². The van der Waals surface area contributed by atoms with Gasteiger partial charge in [0.1, 0.15) is 0 Å². The first-order valence-corrected chi connectivity index (χ1v) is 6.78. The van der Waals surface area contributed by atoms with Gasteiger partial charge in [-0.25, -0.2) is 14.3 Å². The molecule has 0 amide bonds. The Morgan fingerprint density at radius 1 is 1.60 bits per heavy atom. The lowest BCUT2D eigenvalue weighted by atomic mass is 10.2. The Kier molecular flexibility index (Phi) is 4.34. The maximum Gasteiger partial charge on any atom is 0.205 e. The third kappa shape index (κ3) is 3.35. The first-order valence-electron chi connectivity index (χ1n) is 5.06. The molecule has 15 heavy (non-hydrogen) atoms. The van der Waals surface area contributed by atoms with Gasteiger partial charge in [-0.05, 0) is 19.8 Å². The van der Waals surface area contributed by atoms with Crippen LogP contribution in [0, 0.1) is 0 Å². The van der Waals surface area contributed by atoms with E-state index in [1.165, 1.54) is 0 Å². The molecule has 0 saturated carbocycles. The zero-order valence-corrected chi connectivity index (χ0v) is 9.68. The van der Waals surface area contributed by atoms with Crippen molar-refractivity contribution in [3.63, 3.8) is 0 Å². The summed E-state index contributed by atoms with van der Waals surface area (Å²) in [5, 5.41) is 2.57. The highest BCUT2D eigenvalue weighted by Crippen LogP contribution is 2.19. The summed E-state index contributed by atoms with van der Waals surface area (Å²) in [6, 6.07) is 0. The zero-order chi connectivity index (χ0) is 11.3. The number of guanidine groups is 1. The summed E-state index contributed by atoms with van der Waals surface area (Å²) in [5.74, 6) is 5.95. The predicted molar refractivity (Wildman–Crippen MR) is 60.1 cm³/mol. The molecule has 1 aliphatic rings. The first-order chi connectivity index (χ1) is 7.10. The molecule has 88 valence electrons. The third-order valence-corrected chi connectivity index (χ3v) is 4.66. The van der Waals surface area contributed by atoms with Gasteiger partial charge in [0.15, 0.2) is 9.84 Å². The molecular weight excluding hydrogens is 216 g/mol. The van der Waals surface area contributed by atoms with Gasteiger partial charge < -0.3 is 5.32 Å². The number of nitrogens with one attached hydrogen (secondary N) is 2. The lowest BCUT2D eigenvalue weighted by Gasteiger charge is -2.09. The molecule has 1 saturated heterocycles. The van der Waals surface area contributed by atoms with Crippen molar-refractivity contribution in [1.29, 1.82) is 0 Å². The van der Waals surface area contributed by atoms with Crippen LogP contribution >= 0.6 is 0 Å². The molecule has 4 N–H and O–H groups in total. The molecule has 1 unspecified atom stereocenters. The van der Waals surface area contributed by atoms with E-state index in [9.17, 15) is 8.42 Å². The second kappa shape index (κ2) is 5.32. The van der Waals surface area contributed by atoms with E-state index >= 15 is 0 Å². The summed E-state index contributed by atoms with van der Waals surface area (Å²) in [4.78, 5) is 4.10. The Morgan fingerprint density at radius 2 is 2.33 bits per heavy atom. The molecule has 1 heterocycles. The Bertz CT molecular complexity index is 326. The highest BCUT2D eigenvalue weighted by Gasteiger charge is 2.30. The summed E-state index contributed by atoms with van der Waals surface area (Å²) in [7, 11) is -2.91. The van der Waals surface area contributed by atoms with Gasteiger partial charge in [0, 0.05) is 6.54 Å².